The summed E-state index contributed by atoms with van der Waals surface area (Å²) in [6.07, 6.45) is 7.83. The van der Waals surface area contributed by atoms with Crippen molar-refractivity contribution in [1.29, 1.82) is 0 Å². The van der Waals surface area contributed by atoms with E-state index >= 15 is 0 Å². The predicted octanol–water partition coefficient (Wildman–Crippen LogP) is 8.09. The van der Waals surface area contributed by atoms with Crippen LogP contribution < -0.4 is 19.7 Å². The molecule has 2 aliphatic rings. The van der Waals surface area contributed by atoms with Gasteiger partial charge in [-0.1, -0.05) is 54.4 Å². The summed E-state index contributed by atoms with van der Waals surface area (Å²) >= 11 is 0. The quantitative estimate of drug-likeness (QED) is 0.183. The number of hydrogen-bond acceptors (Lipinski definition) is 7. The van der Waals surface area contributed by atoms with Gasteiger partial charge in [0.25, 0.3) is 0 Å². The molecule has 1 N–H and O–H groups in total. The van der Waals surface area contributed by atoms with Crippen LogP contribution in [0.2, 0.25) is 0 Å². The Bertz CT molecular complexity index is 1610. The highest BCUT2D eigenvalue weighted by atomic mass is 16.6. The highest BCUT2D eigenvalue weighted by Crippen LogP contribution is 2.39. The van der Waals surface area contributed by atoms with Crippen molar-refractivity contribution in [2.75, 3.05) is 36.5 Å². The number of nitrogens with zero attached hydrogens (tertiary/aromatic N) is 4. The van der Waals surface area contributed by atoms with Crippen LogP contribution in [0.15, 0.2) is 72.9 Å². The van der Waals surface area contributed by atoms with Gasteiger partial charge in [-0.2, -0.15) is 4.98 Å². The second kappa shape index (κ2) is 14.1. The Morgan fingerprint density at radius 1 is 0.978 bits per heavy atom. The van der Waals surface area contributed by atoms with Gasteiger partial charge in [-0.3, -0.25) is 4.90 Å². The summed E-state index contributed by atoms with van der Waals surface area (Å²) in [6, 6.07) is 21.7. The lowest BCUT2D eigenvalue weighted by Gasteiger charge is -2.28. The fourth-order valence-corrected chi connectivity index (χ4v) is 6.65. The SMILES string of the molecule is Cc1cc(C)c(OC(=O)N(c2ccnc(Nc3cccc(OCCCN4CCCCC4)c3)n2)C2CCc3ccccc32)c(C)c1. The van der Waals surface area contributed by atoms with E-state index in [1.807, 2.05) is 69.3 Å². The molecular weight excluding hydrogens is 562 g/mol. The van der Waals surface area contributed by atoms with E-state index in [0.717, 1.165) is 59.5 Å². The number of benzene rings is 3. The summed E-state index contributed by atoms with van der Waals surface area (Å²) in [5.74, 6) is 2.25. The van der Waals surface area contributed by atoms with E-state index in [0.29, 0.717) is 24.1 Å². The van der Waals surface area contributed by atoms with Crippen molar-refractivity contribution < 1.29 is 14.3 Å². The van der Waals surface area contributed by atoms with Gasteiger partial charge >= 0.3 is 6.09 Å². The average molecular weight is 606 g/mol. The molecule has 45 heavy (non-hydrogen) atoms. The number of nitrogens with one attached hydrogen (secondary N) is 1. The van der Waals surface area contributed by atoms with E-state index in [1.165, 1.54) is 37.9 Å². The van der Waals surface area contributed by atoms with Gasteiger partial charge in [-0.15, -0.1) is 0 Å². The highest BCUT2D eigenvalue weighted by Gasteiger charge is 2.35. The van der Waals surface area contributed by atoms with Crippen molar-refractivity contribution in [3.8, 4) is 11.5 Å². The molecule has 1 saturated heterocycles. The Morgan fingerprint density at radius 2 is 1.78 bits per heavy atom. The molecule has 1 aromatic heterocycles. The van der Waals surface area contributed by atoms with Crippen LogP contribution in [0.4, 0.5) is 22.2 Å². The smallest absolute Gasteiger partial charge is 0.421 e. The summed E-state index contributed by atoms with van der Waals surface area (Å²) in [7, 11) is 0. The third-order valence-electron chi connectivity index (χ3n) is 8.72. The van der Waals surface area contributed by atoms with E-state index < -0.39 is 6.09 Å². The van der Waals surface area contributed by atoms with Crippen LogP contribution in [0.1, 0.15) is 66.0 Å². The normalized spacial score (nSPS) is 16.2. The summed E-state index contributed by atoms with van der Waals surface area (Å²) in [5.41, 5.74) is 6.14. The topological polar surface area (TPSA) is 79.8 Å². The Morgan fingerprint density at radius 3 is 2.60 bits per heavy atom. The zero-order chi connectivity index (χ0) is 31.2. The average Bonchev–Trinajstić information content (AvgIpc) is 3.46. The molecule has 1 unspecified atom stereocenters. The lowest BCUT2D eigenvalue weighted by molar-refractivity contribution is 0.204. The van der Waals surface area contributed by atoms with Gasteiger partial charge in [0.2, 0.25) is 5.95 Å². The van der Waals surface area contributed by atoms with Crippen LogP contribution >= 0.6 is 0 Å². The predicted molar refractivity (Wildman–Crippen MR) is 179 cm³/mol. The van der Waals surface area contributed by atoms with Crippen LogP contribution in [0.5, 0.6) is 11.5 Å². The molecular formula is C37H43N5O3. The molecule has 0 radical (unpaired) electrons. The van der Waals surface area contributed by atoms with Gasteiger partial charge in [0.15, 0.2) is 0 Å². The molecule has 1 aliphatic carbocycles. The Hall–Kier alpha value is -4.43. The first kappa shape index (κ1) is 30.6. The zero-order valence-electron chi connectivity index (χ0n) is 26.6. The second-order valence-corrected chi connectivity index (χ2v) is 12.2. The number of ether oxygens (including phenoxy) is 2. The van der Waals surface area contributed by atoms with E-state index in [2.05, 4.69) is 27.3 Å². The molecule has 0 spiro atoms. The third kappa shape index (κ3) is 7.45. The standard InChI is InChI=1S/C37H43N5O3/c1-26-23-27(2)35(28(3)24-26)45-37(43)42(33-16-15-29-11-5-6-14-32(29)33)34-17-18-38-36(40-34)39-30-12-9-13-31(25-30)44-22-10-21-41-19-7-4-8-20-41/h5-6,9,11-14,17-18,23-25,33H,4,7-8,10,15-16,19-22H2,1-3H3,(H,38,39,40). The second-order valence-electron chi connectivity index (χ2n) is 12.2. The minimum absolute atomic E-state index is 0.204. The van der Waals surface area contributed by atoms with Gasteiger partial charge in [0, 0.05) is 24.5 Å². The number of carbonyl (C=O) groups is 1. The van der Waals surface area contributed by atoms with E-state index in [9.17, 15) is 4.79 Å². The maximum Gasteiger partial charge on any atom is 0.421 e. The number of rotatable bonds is 10. The first-order chi connectivity index (χ1) is 21.9. The molecule has 1 amide bonds. The van der Waals surface area contributed by atoms with Crippen LogP contribution in [-0.2, 0) is 6.42 Å². The molecule has 1 fully saturated rings. The van der Waals surface area contributed by atoms with Gasteiger partial charge in [0.1, 0.15) is 17.3 Å². The van der Waals surface area contributed by atoms with Gasteiger partial charge in [-0.05, 0) is 106 Å². The van der Waals surface area contributed by atoms with Crippen molar-refractivity contribution in [2.45, 2.75) is 65.3 Å². The summed E-state index contributed by atoms with van der Waals surface area (Å²) < 4.78 is 12.2. The number of aryl methyl sites for hydroxylation is 4. The van der Waals surface area contributed by atoms with Gasteiger partial charge in [0.05, 0.1) is 12.6 Å². The number of fused-ring (bicyclic) bond motifs is 1. The van der Waals surface area contributed by atoms with Crippen molar-refractivity contribution in [1.82, 2.24) is 14.9 Å². The minimum atomic E-state index is -0.462. The fourth-order valence-electron chi connectivity index (χ4n) is 6.65. The maximum atomic E-state index is 14.0. The van der Waals surface area contributed by atoms with Crippen molar-refractivity contribution in [3.63, 3.8) is 0 Å². The molecule has 6 rings (SSSR count). The lowest BCUT2D eigenvalue weighted by Crippen LogP contribution is -2.37. The number of carbonyl (C=O) groups excluding carboxylic acids is 1. The summed E-state index contributed by atoms with van der Waals surface area (Å²) in [6.45, 7) is 10.1. The third-order valence-corrected chi connectivity index (χ3v) is 8.72. The van der Waals surface area contributed by atoms with Crippen molar-refractivity contribution in [3.05, 3.63) is 101 Å². The molecule has 0 bridgehead atoms. The molecule has 0 saturated carbocycles. The Kier molecular flexibility index (Phi) is 9.60. The number of likely N-dealkylation sites (tertiary alicyclic amines) is 1. The Balaban J connectivity index is 1.20. The van der Waals surface area contributed by atoms with Crippen LogP contribution in [0, 0.1) is 20.8 Å². The van der Waals surface area contributed by atoms with Gasteiger partial charge < -0.3 is 19.7 Å². The number of hydrogen-bond donors (Lipinski definition) is 1. The number of aromatic nitrogens is 2. The first-order valence-corrected chi connectivity index (χ1v) is 16.2. The number of piperidine rings is 1. The number of amides is 1. The summed E-state index contributed by atoms with van der Waals surface area (Å²) in [4.78, 5) is 27.6. The molecule has 234 valence electrons. The van der Waals surface area contributed by atoms with Crippen LogP contribution in [-0.4, -0.2) is 47.2 Å². The van der Waals surface area contributed by atoms with E-state index in [-0.39, 0.29) is 6.04 Å². The van der Waals surface area contributed by atoms with Crippen molar-refractivity contribution in [2.24, 2.45) is 0 Å². The molecule has 2 heterocycles. The molecule has 8 heteroatoms. The minimum Gasteiger partial charge on any atom is -0.493 e. The monoisotopic (exact) mass is 605 g/mol. The van der Waals surface area contributed by atoms with E-state index in [1.54, 1.807) is 17.2 Å². The first-order valence-electron chi connectivity index (χ1n) is 16.2. The molecule has 1 aliphatic heterocycles. The van der Waals surface area contributed by atoms with Crippen molar-refractivity contribution >= 4 is 23.5 Å². The zero-order valence-corrected chi connectivity index (χ0v) is 26.6. The molecule has 4 aromatic rings. The highest BCUT2D eigenvalue weighted by molar-refractivity contribution is 5.90. The van der Waals surface area contributed by atoms with Gasteiger partial charge in [-0.25, -0.2) is 9.78 Å². The molecule has 8 nitrogen and oxygen atoms in total. The summed E-state index contributed by atoms with van der Waals surface area (Å²) in [5, 5.41) is 3.32. The lowest BCUT2D eigenvalue weighted by atomic mass is 10.1. The molecule has 3 aromatic carbocycles. The Labute approximate surface area is 266 Å². The maximum absolute atomic E-state index is 14.0. The van der Waals surface area contributed by atoms with Crippen LogP contribution in [0.25, 0.3) is 0 Å². The fraction of sp³-hybridized carbons (Fsp3) is 0.378. The van der Waals surface area contributed by atoms with E-state index in [4.69, 9.17) is 14.5 Å². The number of anilines is 3. The van der Waals surface area contributed by atoms with Crippen LogP contribution in [0.3, 0.4) is 0 Å². The molecule has 1 atom stereocenters. The largest absolute Gasteiger partial charge is 0.493 e.